The summed E-state index contributed by atoms with van der Waals surface area (Å²) in [6, 6.07) is 19.3. The molecule has 1 aromatic heterocycles. The first kappa shape index (κ1) is 31.5. The molecule has 250 valence electrons. The predicted molar refractivity (Wildman–Crippen MR) is 180 cm³/mol. The number of thioether (sulfide) groups is 1. The number of hydrogen-bond donors (Lipinski definition) is 2. The van der Waals surface area contributed by atoms with Gasteiger partial charge in [-0.15, -0.1) is 11.8 Å². The number of halogens is 1. The number of nitrogens with one attached hydrogen (secondary N) is 2. The van der Waals surface area contributed by atoms with Crippen LogP contribution in [0.15, 0.2) is 82.6 Å². The second kappa shape index (κ2) is 12.3. The number of ether oxygens (including phenoxy) is 2. The van der Waals surface area contributed by atoms with Crippen molar-refractivity contribution in [3.05, 3.63) is 104 Å². The number of benzene rings is 3. The zero-order valence-corrected chi connectivity index (χ0v) is 27.7. The van der Waals surface area contributed by atoms with E-state index in [9.17, 15) is 28.4 Å². The Hall–Kier alpha value is -4.75. The van der Waals surface area contributed by atoms with Crippen molar-refractivity contribution in [1.29, 1.82) is 0 Å². The van der Waals surface area contributed by atoms with Crippen LogP contribution in [-0.2, 0) is 19.1 Å². The van der Waals surface area contributed by atoms with Crippen molar-refractivity contribution < 1.29 is 33.0 Å². The number of amides is 3. The molecule has 2 bridgehead atoms. The molecule has 2 N–H and O–H groups in total. The Balaban J connectivity index is 0.996. The van der Waals surface area contributed by atoms with Crippen LogP contribution in [0.25, 0.3) is 0 Å². The third kappa shape index (κ3) is 5.35. The molecule has 4 aliphatic rings. The highest BCUT2D eigenvalue weighted by Crippen LogP contribution is 2.68. The van der Waals surface area contributed by atoms with Gasteiger partial charge in [0.1, 0.15) is 11.6 Å². The highest BCUT2D eigenvalue weighted by molar-refractivity contribution is 8.00. The van der Waals surface area contributed by atoms with Crippen LogP contribution >= 0.6 is 23.1 Å². The summed E-state index contributed by atoms with van der Waals surface area (Å²) in [4.78, 5) is 69.7. The largest absolute Gasteiger partial charge is 0.484 e. The number of thiazole rings is 1. The van der Waals surface area contributed by atoms with Gasteiger partial charge in [-0.3, -0.25) is 24.1 Å². The second-order valence-corrected chi connectivity index (χ2v) is 14.9. The average Bonchev–Trinajstić information content (AvgIpc) is 3.84. The van der Waals surface area contributed by atoms with Crippen LogP contribution in [0.1, 0.15) is 40.1 Å². The number of carbonyl (C=O) groups excluding carboxylic acids is 4. The second-order valence-electron chi connectivity index (χ2n) is 12.7. The van der Waals surface area contributed by atoms with Gasteiger partial charge in [-0.1, -0.05) is 23.5 Å². The number of nitrogens with zero attached hydrogens (tertiary/aromatic N) is 1. The molecular weight excluding hydrogens is 670 g/mol. The van der Waals surface area contributed by atoms with Gasteiger partial charge < -0.3 is 19.8 Å². The minimum absolute atomic E-state index is 0.0212. The zero-order chi connectivity index (χ0) is 34.0. The number of H-pyrrole nitrogens is 1. The van der Waals surface area contributed by atoms with E-state index < -0.39 is 23.6 Å². The summed E-state index contributed by atoms with van der Waals surface area (Å²) >= 11 is 2.79. The van der Waals surface area contributed by atoms with E-state index in [1.54, 1.807) is 55.1 Å². The number of carbonyl (C=O) groups is 4. The lowest BCUT2D eigenvalue weighted by Gasteiger charge is -2.43. The Labute approximate surface area is 288 Å². The summed E-state index contributed by atoms with van der Waals surface area (Å²) in [5.74, 6) is -2.37. The molecule has 4 unspecified atom stereocenters. The lowest BCUT2D eigenvalue weighted by atomic mass is 9.68. The van der Waals surface area contributed by atoms with Crippen LogP contribution in [0.3, 0.4) is 0 Å². The number of imide groups is 1. The molecular formula is C36H30FN3O7S2. The van der Waals surface area contributed by atoms with E-state index in [2.05, 4.69) is 10.3 Å². The van der Waals surface area contributed by atoms with Crippen molar-refractivity contribution in [2.75, 3.05) is 23.4 Å². The normalized spacial score (nSPS) is 26.2. The molecule has 3 heterocycles. The molecule has 0 radical (unpaired) electrons. The summed E-state index contributed by atoms with van der Waals surface area (Å²) in [7, 11) is 0. The molecule has 0 spiro atoms. The third-order valence-corrected chi connectivity index (χ3v) is 12.7. The lowest BCUT2D eigenvalue weighted by Crippen LogP contribution is -2.42. The van der Waals surface area contributed by atoms with Gasteiger partial charge >= 0.3 is 10.8 Å². The summed E-state index contributed by atoms with van der Waals surface area (Å²) in [6.07, 6.45) is 0.754. The van der Waals surface area contributed by atoms with Crippen molar-refractivity contribution in [3.63, 3.8) is 0 Å². The van der Waals surface area contributed by atoms with Gasteiger partial charge in [0, 0.05) is 21.7 Å². The van der Waals surface area contributed by atoms with Gasteiger partial charge in [0.15, 0.2) is 6.61 Å². The zero-order valence-electron chi connectivity index (χ0n) is 26.1. The molecule has 8 rings (SSSR count). The monoisotopic (exact) mass is 699 g/mol. The van der Waals surface area contributed by atoms with E-state index in [4.69, 9.17) is 9.47 Å². The maximum atomic E-state index is 13.9. The van der Waals surface area contributed by atoms with E-state index in [0.717, 1.165) is 21.9 Å². The minimum atomic E-state index is -0.466. The van der Waals surface area contributed by atoms with Gasteiger partial charge in [0.25, 0.3) is 5.91 Å². The standard InChI is InChI=1S/C36H30FN3O7S2/c1-2-46-35(44)18-3-9-20(10-4-18)38-25(41)16-47-22-13-5-17(6-14-22)26-27-23-15-24(30(27)48-32-31(26)49-36(45)39-32)29-28(23)33(42)40(34(29)43)21-11-7-19(37)8-12-21/h3-14,23-24,26-30H,2,15-16H2,1H3,(H,38,41)(H,39,45)/t23-,24-,26-,27?,28?,29?,30?/m1/s1. The third-order valence-electron chi connectivity index (χ3n) is 10.1. The fourth-order valence-electron chi connectivity index (χ4n) is 8.26. The molecule has 2 aliphatic carbocycles. The van der Waals surface area contributed by atoms with Crippen LogP contribution in [-0.4, -0.2) is 47.1 Å². The first-order valence-electron chi connectivity index (χ1n) is 16.0. The Morgan fingerprint density at radius 3 is 2.33 bits per heavy atom. The van der Waals surface area contributed by atoms with E-state index in [-0.39, 0.29) is 64.7 Å². The topological polar surface area (TPSA) is 135 Å². The Morgan fingerprint density at radius 1 is 0.939 bits per heavy atom. The fraction of sp³-hybridized carbons (Fsp3) is 0.306. The summed E-state index contributed by atoms with van der Waals surface area (Å²) in [5, 5.41) is 3.59. The SMILES string of the molecule is CCOC(=O)c1ccc(NC(=O)COc2ccc([C@H]3c4sc(=O)[nH]c4SC4C3[C@H]3C[C@@H]4C4C(=O)N(c5ccc(F)cc5)C(=O)C43)cc2)cc1. The van der Waals surface area contributed by atoms with Crippen LogP contribution in [0.2, 0.25) is 0 Å². The molecule has 3 fully saturated rings. The average molecular weight is 700 g/mol. The number of esters is 1. The van der Waals surface area contributed by atoms with Crippen molar-refractivity contribution >= 4 is 58.2 Å². The van der Waals surface area contributed by atoms with Gasteiger partial charge in [-0.05, 0) is 97.3 Å². The number of aromatic nitrogens is 1. The molecule has 49 heavy (non-hydrogen) atoms. The summed E-state index contributed by atoms with van der Waals surface area (Å²) in [6.45, 7) is 1.77. The first-order chi connectivity index (χ1) is 23.7. The van der Waals surface area contributed by atoms with Crippen LogP contribution in [0.5, 0.6) is 5.75 Å². The van der Waals surface area contributed by atoms with E-state index in [1.165, 1.54) is 40.5 Å². The van der Waals surface area contributed by atoms with Crippen molar-refractivity contribution in [1.82, 2.24) is 4.98 Å². The molecule has 1 saturated heterocycles. The molecule has 10 nitrogen and oxygen atoms in total. The number of hydrogen-bond acceptors (Lipinski definition) is 9. The number of anilines is 2. The Bertz CT molecular complexity index is 2030. The maximum Gasteiger partial charge on any atom is 0.338 e. The predicted octanol–water partition coefficient (Wildman–Crippen LogP) is 5.45. The van der Waals surface area contributed by atoms with Crippen molar-refractivity contribution in [3.8, 4) is 5.75 Å². The molecule has 3 amide bonds. The molecule has 2 aliphatic heterocycles. The molecule has 3 aromatic carbocycles. The van der Waals surface area contributed by atoms with Crippen molar-refractivity contribution in [2.24, 2.45) is 29.6 Å². The molecule has 7 atom stereocenters. The first-order valence-corrected chi connectivity index (χ1v) is 17.7. The molecule has 13 heteroatoms. The number of rotatable bonds is 8. The van der Waals surface area contributed by atoms with Crippen LogP contribution in [0, 0.1) is 35.4 Å². The fourth-order valence-corrected chi connectivity index (χ4v) is 11.1. The van der Waals surface area contributed by atoms with Gasteiger partial charge in [-0.2, -0.15) is 0 Å². The molecule has 4 aromatic rings. The highest BCUT2D eigenvalue weighted by atomic mass is 32.2. The van der Waals surface area contributed by atoms with Crippen molar-refractivity contribution in [2.45, 2.75) is 29.5 Å². The van der Waals surface area contributed by atoms with Crippen LogP contribution < -0.4 is 19.8 Å². The quantitative estimate of drug-likeness (QED) is 0.183. The summed E-state index contributed by atoms with van der Waals surface area (Å²) < 4.78 is 24.4. The van der Waals surface area contributed by atoms with Gasteiger partial charge in [-0.25, -0.2) is 9.18 Å². The van der Waals surface area contributed by atoms with E-state index in [0.29, 0.717) is 22.7 Å². The van der Waals surface area contributed by atoms with Gasteiger partial charge in [0.05, 0.1) is 34.7 Å². The Morgan fingerprint density at radius 2 is 1.63 bits per heavy atom. The minimum Gasteiger partial charge on any atom is -0.484 e. The Kier molecular flexibility index (Phi) is 7.91. The van der Waals surface area contributed by atoms with E-state index >= 15 is 0 Å². The number of aromatic amines is 1. The van der Waals surface area contributed by atoms with Crippen LogP contribution in [0.4, 0.5) is 15.8 Å². The molecule has 2 saturated carbocycles. The maximum absolute atomic E-state index is 13.9. The highest BCUT2D eigenvalue weighted by Gasteiger charge is 2.69. The van der Waals surface area contributed by atoms with E-state index in [1.807, 2.05) is 12.1 Å². The lowest BCUT2D eigenvalue weighted by molar-refractivity contribution is -0.123. The number of fused-ring (bicyclic) bond motifs is 9. The summed E-state index contributed by atoms with van der Waals surface area (Å²) in [5.41, 5.74) is 2.25. The van der Waals surface area contributed by atoms with Gasteiger partial charge in [0.2, 0.25) is 11.8 Å². The smallest absolute Gasteiger partial charge is 0.338 e.